The van der Waals surface area contributed by atoms with Gasteiger partial charge in [0.05, 0.1) is 0 Å². The van der Waals surface area contributed by atoms with Crippen LogP contribution in [-0.2, 0) is 19.0 Å². The van der Waals surface area contributed by atoms with Gasteiger partial charge in [-0.25, -0.2) is 0 Å². The summed E-state index contributed by atoms with van der Waals surface area (Å²) in [5, 5.41) is 33.7. The molecule has 0 saturated carbocycles. The van der Waals surface area contributed by atoms with Gasteiger partial charge in [-0.1, -0.05) is 0 Å². The van der Waals surface area contributed by atoms with Crippen LogP contribution in [-0.4, -0.2) is 90.0 Å². The Labute approximate surface area is 303 Å². The number of aliphatic hydroxyl groups is 3. The van der Waals surface area contributed by atoms with E-state index in [1.54, 1.807) is 0 Å². The Hall–Kier alpha value is 0.690. The molecule has 0 aromatic rings. The van der Waals surface area contributed by atoms with Crippen LogP contribution in [0.25, 0.3) is 0 Å². The third kappa shape index (κ3) is 15.3. The molecule has 1 aliphatic rings. The maximum atomic E-state index is 11.9. The van der Waals surface area contributed by atoms with Crippen LogP contribution in [0.1, 0.15) is 142 Å². The molecule has 46 heavy (non-hydrogen) atoms. The summed E-state index contributed by atoms with van der Waals surface area (Å²) >= 11 is -0.415. The van der Waals surface area contributed by atoms with Gasteiger partial charge in [-0.3, -0.25) is 0 Å². The molecule has 1 rings (SSSR count). The summed E-state index contributed by atoms with van der Waals surface area (Å²) in [4.78, 5) is 11.9. The van der Waals surface area contributed by atoms with E-state index in [4.69, 9.17) is 14.2 Å². The van der Waals surface area contributed by atoms with Crippen LogP contribution >= 0.6 is 0 Å². The molecule has 10 heteroatoms. The number of carbonyl (C=O) groups excluding carboxylic acids is 1. The number of amides is 1. The molecule has 7 unspecified atom stereocenters. The van der Waals surface area contributed by atoms with Crippen LogP contribution in [0, 0.1) is 5.92 Å². The van der Waals surface area contributed by atoms with Gasteiger partial charge in [-0.15, -0.1) is 0 Å². The van der Waals surface area contributed by atoms with Gasteiger partial charge < -0.3 is 0 Å². The predicted octanol–water partition coefficient (Wildman–Crippen LogP) is -0.190. The average Bonchev–Trinajstić information content (AvgIpc) is 2.85. The Morgan fingerprint density at radius 3 is 1.85 bits per heavy atom. The second kappa shape index (κ2) is 17.8. The van der Waals surface area contributed by atoms with Crippen molar-refractivity contribution in [2.75, 3.05) is 13.2 Å². The van der Waals surface area contributed by atoms with E-state index in [-0.39, 0.29) is 64.2 Å². The van der Waals surface area contributed by atoms with E-state index in [1.165, 1.54) is 19.8 Å². The van der Waals surface area contributed by atoms with Crippen molar-refractivity contribution >= 4 is 5.91 Å². The molecule has 1 fully saturated rings. The molecule has 1 heterocycles. The minimum absolute atomic E-state index is 0.0664. The third-order valence-electron chi connectivity index (χ3n) is 8.80. The molecular formula is C36H71I2NO7-2. The number of halogens is 2. The SMILES string of the molecule is CCC(C)(CC(C)(C)OC1OC(CO)C(O)C(O)C1NC(C)=O)[I-]C(C)(C)CC(C)(CC)[I-]C(C)(C)CCOC(C)(C)CC(C)C. The molecule has 0 spiro atoms. The summed E-state index contributed by atoms with van der Waals surface area (Å²) in [5.41, 5.74) is -0.725. The van der Waals surface area contributed by atoms with Gasteiger partial charge in [0.25, 0.3) is 0 Å². The van der Waals surface area contributed by atoms with Crippen LogP contribution in [0.3, 0.4) is 0 Å². The predicted molar refractivity (Wildman–Crippen MR) is 179 cm³/mol. The molecule has 0 aliphatic carbocycles. The molecule has 0 bridgehead atoms. The zero-order chi connectivity index (χ0) is 35.9. The molecule has 4 N–H and O–H groups in total. The van der Waals surface area contributed by atoms with E-state index in [1.807, 2.05) is 13.8 Å². The van der Waals surface area contributed by atoms with E-state index >= 15 is 0 Å². The van der Waals surface area contributed by atoms with Gasteiger partial charge in [-0.2, -0.15) is 0 Å². The molecule has 0 aromatic heterocycles. The average molecular weight is 884 g/mol. The van der Waals surface area contributed by atoms with E-state index < -0.39 is 42.9 Å². The van der Waals surface area contributed by atoms with E-state index in [0.717, 1.165) is 32.3 Å². The quantitative estimate of drug-likeness (QED) is 0.0991. The van der Waals surface area contributed by atoms with E-state index in [2.05, 4.69) is 88.4 Å². The summed E-state index contributed by atoms with van der Waals surface area (Å²) in [6.45, 7) is 34.1. The number of rotatable bonds is 20. The number of carbonyl (C=O) groups is 1. The number of nitrogens with one attached hydrogen (secondary N) is 1. The van der Waals surface area contributed by atoms with Crippen molar-refractivity contribution in [3.05, 3.63) is 0 Å². The monoisotopic (exact) mass is 883 g/mol. The standard InChI is InChI=1S/C36H71I2NO7/c1-16-35(14,37-31(6,7)18-19-44-33(10,11)20-24(3)4)22-32(8,9)38-36(15,17-2)23-34(12,13)46-30-27(39-25(5)41)29(43)28(42)26(21-40)45-30/h24,26-30,40,42-43H,16-23H2,1-15H3,(H,39,41)/q-2. The van der Waals surface area contributed by atoms with Gasteiger partial charge in [0.1, 0.15) is 0 Å². The first-order valence-electron chi connectivity index (χ1n) is 17.3. The fourth-order valence-corrected chi connectivity index (χ4v) is 19.4. The van der Waals surface area contributed by atoms with Crippen molar-refractivity contribution < 1.29 is 76.7 Å². The van der Waals surface area contributed by atoms with E-state index in [9.17, 15) is 20.1 Å². The Morgan fingerprint density at radius 2 is 1.37 bits per heavy atom. The molecule has 278 valence electrons. The summed E-state index contributed by atoms with van der Waals surface area (Å²) in [6.07, 6.45) is 1.70. The Kier molecular flexibility index (Phi) is 17.3. The van der Waals surface area contributed by atoms with Crippen molar-refractivity contribution in [1.29, 1.82) is 0 Å². The van der Waals surface area contributed by atoms with Crippen molar-refractivity contribution in [1.82, 2.24) is 5.32 Å². The Morgan fingerprint density at radius 1 is 0.848 bits per heavy atom. The topological polar surface area (TPSA) is 117 Å². The zero-order valence-corrected chi connectivity index (χ0v) is 36.2. The summed E-state index contributed by atoms with van der Waals surface area (Å²) in [7, 11) is 0. The zero-order valence-electron chi connectivity index (χ0n) is 31.9. The second-order valence-electron chi connectivity index (χ2n) is 16.8. The van der Waals surface area contributed by atoms with Crippen LogP contribution in [0.2, 0.25) is 0 Å². The molecule has 1 amide bonds. The molecule has 0 radical (unpaired) electrons. The first-order chi connectivity index (χ1) is 20.7. The third-order valence-corrected chi connectivity index (χ3v) is 17.5. The first-order valence-corrected chi connectivity index (χ1v) is 21.6. The fourth-order valence-electron chi connectivity index (χ4n) is 7.07. The van der Waals surface area contributed by atoms with Crippen molar-refractivity contribution in [2.24, 2.45) is 5.92 Å². The molecule has 0 aromatic carbocycles. The molecular weight excluding hydrogens is 812 g/mol. The summed E-state index contributed by atoms with van der Waals surface area (Å²) in [6, 6.07) is -0.946. The van der Waals surface area contributed by atoms with Crippen LogP contribution in [0.5, 0.6) is 0 Å². The van der Waals surface area contributed by atoms with Gasteiger partial charge in [0.2, 0.25) is 0 Å². The normalized spacial score (nSPS) is 26.3. The van der Waals surface area contributed by atoms with Crippen LogP contribution in [0.4, 0.5) is 0 Å². The number of hydrogen-bond acceptors (Lipinski definition) is 7. The van der Waals surface area contributed by atoms with Gasteiger partial charge in [0.15, 0.2) is 0 Å². The maximum absolute atomic E-state index is 11.9. The fraction of sp³-hybridized carbons (Fsp3) is 0.972. The van der Waals surface area contributed by atoms with Gasteiger partial charge >= 0.3 is 305 Å². The number of aliphatic hydroxyl groups excluding tert-OH is 3. The summed E-state index contributed by atoms with van der Waals surface area (Å²) < 4.78 is 19.7. The number of alkyl halides is 4. The van der Waals surface area contributed by atoms with Crippen LogP contribution < -0.4 is 47.7 Å². The molecule has 1 aliphatic heterocycles. The Balaban J connectivity index is 3.02. The van der Waals surface area contributed by atoms with Gasteiger partial charge in [-0.05, 0) is 0 Å². The Bertz CT molecular complexity index is 943. The molecule has 7 atom stereocenters. The van der Waals surface area contributed by atoms with Gasteiger partial charge in [0, 0.05) is 0 Å². The van der Waals surface area contributed by atoms with Crippen molar-refractivity contribution in [3.8, 4) is 0 Å². The number of ether oxygens (including phenoxy) is 3. The number of hydrogen-bond donors (Lipinski definition) is 4. The van der Waals surface area contributed by atoms with E-state index in [0.29, 0.717) is 9.34 Å². The second-order valence-corrected chi connectivity index (χ2v) is 28.9. The van der Waals surface area contributed by atoms with Crippen LogP contribution in [0.15, 0.2) is 0 Å². The van der Waals surface area contributed by atoms with Crippen molar-refractivity contribution in [3.63, 3.8) is 0 Å². The molecule has 8 nitrogen and oxygen atoms in total. The molecule has 1 saturated heterocycles. The minimum atomic E-state index is -1.33. The van der Waals surface area contributed by atoms with Crippen molar-refractivity contribution in [2.45, 2.75) is 198 Å². The summed E-state index contributed by atoms with van der Waals surface area (Å²) in [5.74, 6) is 0.268. The first kappa shape index (κ1) is 44.7.